The minimum atomic E-state index is -0.231. The zero-order valence-electron chi connectivity index (χ0n) is 24.7. The minimum absolute atomic E-state index is 0.118. The molecule has 1 N–H and O–H groups in total. The summed E-state index contributed by atoms with van der Waals surface area (Å²) in [5, 5.41) is 7.33. The summed E-state index contributed by atoms with van der Waals surface area (Å²) in [6.45, 7) is 6.13. The number of ether oxygens (including phenoxy) is 2. The smallest absolute Gasteiger partial charge is 0.223 e. The van der Waals surface area contributed by atoms with Crippen LogP contribution in [0.5, 0.6) is 17.4 Å². The van der Waals surface area contributed by atoms with Gasteiger partial charge in [0.2, 0.25) is 17.6 Å². The Kier molecular flexibility index (Phi) is 7.93. The van der Waals surface area contributed by atoms with Crippen molar-refractivity contribution in [2.24, 2.45) is 0 Å². The van der Waals surface area contributed by atoms with Crippen molar-refractivity contribution in [1.82, 2.24) is 15.1 Å². The Morgan fingerprint density at radius 3 is 2.14 bits per heavy atom. The van der Waals surface area contributed by atoms with E-state index in [0.29, 0.717) is 47.0 Å². The van der Waals surface area contributed by atoms with Crippen LogP contribution in [0.15, 0.2) is 89.6 Å². The molecule has 1 fully saturated rings. The molecule has 2 heterocycles. The zero-order chi connectivity index (χ0) is 30.7. The van der Waals surface area contributed by atoms with Crippen LogP contribution < -0.4 is 14.8 Å². The van der Waals surface area contributed by atoms with Crippen LogP contribution in [-0.4, -0.2) is 39.8 Å². The fourth-order valence-electron chi connectivity index (χ4n) is 5.25. The quantitative estimate of drug-likeness (QED) is 0.160. The number of rotatable bonds is 11. The van der Waals surface area contributed by atoms with Gasteiger partial charge >= 0.3 is 0 Å². The third kappa shape index (κ3) is 6.22. The number of hydrogen-bond acceptors (Lipinski definition) is 9. The molecule has 1 aliphatic rings. The molecule has 5 aromatic rings. The first-order valence-corrected chi connectivity index (χ1v) is 14.4. The van der Waals surface area contributed by atoms with Crippen LogP contribution in [0.4, 0.5) is 5.69 Å². The highest BCUT2D eigenvalue weighted by molar-refractivity contribution is 5.91. The van der Waals surface area contributed by atoms with Gasteiger partial charge < -0.3 is 19.3 Å². The highest BCUT2D eigenvalue weighted by Gasteiger charge is 2.31. The average Bonchev–Trinajstić information content (AvgIpc) is 3.47. The lowest BCUT2D eigenvalue weighted by Gasteiger charge is -2.36. The molecule has 0 radical (unpaired) electrons. The number of nitrogens with zero attached hydrogens (tertiary/aromatic N) is 3. The van der Waals surface area contributed by atoms with Gasteiger partial charge in [0.1, 0.15) is 17.6 Å². The summed E-state index contributed by atoms with van der Waals surface area (Å²) in [6, 6.07) is 25.4. The summed E-state index contributed by atoms with van der Waals surface area (Å²) in [7, 11) is 0. The molecule has 9 heteroatoms. The van der Waals surface area contributed by atoms with Gasteiger partial charge in [-0.2, -0.15) is 4.98 Å². The molecule has 1 saturated carbocycles. The molecule has 222 valence electrons. The second kappa shape index (κ2) is 12.1. The topological polar surface area (TPSA) is 116 Å². The number of hydrogen-bond donors (Lipinski definition) is 1. The summed E-state index contributed by atoms with van der Waals surface area (Å²) in [5.41, 5.74) is 4.46. The van der Waals surface area contributed by atoms with Crippen molar-refractivity contribution in [2.45, 2.75) is 51.2 Å². The highest BCUT2D eigenvalue weighted by Crippen LogP contribution is 2.35. The lowest BCUT2D eigenvalue weighted by molar-refractivity contribution is 0.108. The van der Waals surface area contributed by atoms with Gasteiger partial charge in [0, 0.05) is 65.9 Å². The maximum absolute atomic E-state index is 11.2. The van der Waals surface area contributed by atoms with E-state index in [4.69, 9.17) is 14.0 Å². The van der Waals surface area contributed by atoms with E-state index in [2.05, 4.69) is 58.6 Å². The second-order valence-electron chi connectivity index (χ2n) is 11.4. The predicted molar refractivity (Wildman–Crippen MR) is 166 cm³/mol. The Morgan fingerprint density at radius 2 is 1.55 bits per heavy atom. The molecule has 0 unspecified atom stereocenters. The molecule has 0 aliphatic heterocycles. The SMILES string of the molecule is Cc1nc(-c2ccc(Oc3ccc(C(C)(C)c4ccc(OC5CC(Nc6ccc(C=O)c(C=O)c6)C5)cc4)cc3)nc2)no1. The summed E-state index contributed by atoms with van der Waals surface area (Å²) in [5.74, 6) is 3.00. The lowest BCUT2D eigenvalue weighted by atomic mass is 9.78. The van der Waals surface area contributed by atoms with Gasteiger partial charge in [0.25, 0.3) is 0 Å². The molecule has 44 heavy (non-hydrogen) atoms. The molecule has 2 aromatic heterocycles. The number of carbonyl (C=O) groups excluding carboxylic acids is 2. The fraction of sp³-hybridized carbons (Fsp3) is 0.229. The molecule has 0 saturated heterocycles. The van der Waals surface area contributed by atoms with Crippen molar-refractivity contribution >= 4 is 18.3 Å². The van der Waals surface area contributed by atoms with Gasteiger partial charge in [-0.25, -0.2) is 4.98 Å². The first-order chi connectivity index (χ1) is 21.3. The maximum atomic E-state index is 11.2. The molecule has 9 nitrogen and oxygen atoms in total. The van der Waals surface area contributed by atoms with E-state index in [9.17, 15) is 9.59 Å². The molecule has 6 rings (SSSR count). The van der Waals surface area contributed by atoms with Crippen LogP contribution in [0.2, 0.25) is 0 Å². The second-order valence-corrected chi connectivity index (χ2v) is 11.4. The first kappa shape index (κ1) is 28.8. The molecule has 1 aliphatic carbocycles. The number of aromatic nitrogens is 3. The van der Waals surface area contributed by atoms with Crippen molar-refractivity contribution in [2.75, 3.05) is 5.32 Å². The number of carbonyl (C=O) groups is 2. The Labute approximate surface area is 255 Å². The molecule has 0 amide bonds. The third-order valence-corrected chi connectivity index (χ3v) is 8.01. The standard InChI is InChI=1S/C35H32N4O5/c1-22-37-34(39-44-22)23-5-15-33(36-19-23)43-31-13-8-27(9-14-31)35(2,3)26-6-11-30(12-7-26)42-32-17-29(18-32)38-28-10-4-24(20-40)25(16-28)21-41/h4-16,19-21,29,32,38H,17-18H2,1-3H3. The van der Waals surface area contributed by atoms with Gasteiger partial charge in [-0.15, -0.1) is 0 Å². The summed E-state index contributed by atoms with van der Waals surface area (Å²) >= 11 is 0. The third-order valence-electron chi connectivity index (χ3n) is 8.01. The van der Waals surface area contributed by atoms with Gasteiger partial charge in [-0.1, -0.05) is 43.3 Å². The van der Waals surface area contributed by atoms with E-state index in [1.807, 2.05) is 36.4 Å². The molecular formula is C35H32N4O5. The Bertz CT molecular complexity index is 1760. The maximum Gasteiger partial charge on any atom is 0.223 e. The van der Waals surface area contributed by atoms with Crippen molar-refractivity contribution in [3.05, 3.63) is 113 Å². The van der Waals surface area contributed by atoms with Gasteiger partial charge in [-0.05, 0) is 59.7 Å². The number of aryl methyl sites for hydroxylation is 1. The highest BCUT2D eigenvalue weighted by atomic mass is 16.5. The fourth-order valence-corrected chi connectivity index (χ4v) is 5.25. The number of aldehydes is 2. The van der Waals surface area contributed by atoms with E-state index >= 15 is 0 Å². The summed E-state index contributed by atoms with van der Waals surface area (Å²) < 4.78 is 17.2. The van der Waals surface area contributed by atoms with Gasteiger partial charge in [0.15, 0.2) is 12.6 Å². The van der Waals surface area contributed by atoms with Crippen molar-refractivity contribution in [1.29, 1.82) is 0 Å². The predicted octanol–water partition coefficient (Wildman–Crippen LogP) is 7.21. The number of benzene rings is 3. The van der Waals surface area contributed by atoms with Gasteiger partial charge in [0.05, 0.1) is 0 Å². The van der Waals surface area contributed by atoms with E-state index in [-0.39, 0.29) is 17.6 Å². The summed E-state index contributed by atoms with van der Waals surface area (Å²) in [6.07, 6.45) is 4.88. The van der Waals surface area contributed by atoms with Crippen LogP contribution in [0.3, 0.4) is 0 Å². The Morgan fingerprint density at radius 1 is 0.864 bits per heavy atom. The van der Waals surface area contributed by atoms with E-state index in [0.717, 1.165) is 35.4 Å². The van der Waals surface area contributed by atoms with Crippen LogP contribution in [-0.2, 0) is 5.41 Å². The van der Waals surface area contributed by atoms with Crippen LogP contribution in [0.1, 0.15) is 64.4 Å². The first-order valence-electron chi connectivity index (χ1n) is 14.4. The monoisotopic (exact) mass is 588 g/mol. The van der Waals surface area contributed by atoms with Crippen LogP contribution in [0.25, 0.3) is 11.4 Å². The van der Waals surface area contributed by atoms with E-state index < -0.39 is 0 Å². The number of anilines is 1. The largest absolute Gasteiger partial charge is 0.490 e. The van der Waals surface area contributed by atoms with Crippen molar-refractivity contribution in [3.63, 3.8) is 0 Å². The zero-order valence-corrected chi connectivity index (χ0v) is 24.7. The van der Waals surface area contributed by atoms with Crippen LogP contribution in [0, 0.1) is 6.92 Å². The molecular weight excluding hydrogens is 556 g/mol. The van der Waals surface area contributed by atoms with E-state index in [1.54, 1.807) is 31.3 Å². The minimum Gasteiger partial charge on any atom is -0.490 e. The van der Waals surface area contributed by atoms with Gasteiger partial charge in [-0.3, -0.25) is 9.59 Å². The van der Waals surface area contributed by atoms with Crippen molar-refractivity contribution in [3.8, 4) is 28.8 Å². The molecule has 0 spiro atoms. The molecule has 0 bridgehead atoms. The number of nitrogens with one attached hydrogen (secondary N) is 1. The lowest BCUT2D eigenvalue weighted by Crippen LogP contribution is -2.42. The molecule has 0 atom stereocenters. The van der Waals surface area contributed by atoms with Crippen molar-refractivity contribution < 1.29 is 23.6 Å². The molecule has 3 aromatic carbocycles. The normalized spacial score (nSPS) is 16.1. The van der Waals surface area contributed by atoms with E-state index in [1.165, 1.54) is 5.56 Å². The number of pyridine rings is 1. The summed E-state index contributed by atoms with van der Waals surface area (Å²) in [4.78, 5) is 30.9. The van der Waals surface area contributed by atoms with Crippen LogP contribution >= 0.6 is 0 Å². The average molecular weight is 589 g/mol. The Balaban J connectivity index is 1.02. The Hall–Kier alpha value is -5.31.